The number of unbranched alkanes of at least 4 members (excludes halogenated alkanes) is 27. The average molecular weight is 1120 g/mol. The second-order valence-electron chi connectivity index (χ2n) is 22.1. The first kappa shape index (κ1) is 72.5. The van der Waals surface area contributed by atoms with Crippen LogP contribution in [-0.4, -0.2) is 140 Å². The molecule has 0 aliphatic carbocycles. The SMILES string of the molecule is CC/C=C\C/C=C\C/C=C\C/C=C\CCCCCCCCC(=O)NC(COC1OC(CO)C(OC2OC(CO)C(O)C(O)C2O)C(O)C1O)C(O)/C=C/CC/C=C/CCCCCCCCCCCCCCCCCCCCCC. The van der Waals surface area contributed by atoms with Crippen LogP contribution in [0.3, 0.4) is 0 Å². The fraction of sp³-hybridized carbons (Fsp3) is 0.800. The largest absolute Gasteiger partial charge is 0.394 e. The molecule has 12 unspecified atom stereocenters. The van der Waals surface area contributed by atoms with Crippen LogP contribution in [0.25, 0.3) is 0 Å². The van der Waals surface area contributed by atoms with Crippen LogP contribution in [0.15, 0.2) is 72.9 Å². The van der Waals surface area contributed by atoms with Gasteiger partial charge in [0.1, 0.15) is 48.8 Å². The van der Waals surface area contributed by atoms with Gasteiger partial charge >= 0.3 is 0 Å². The number of allylic oxidation sites excluding steroid dienone is 11. The third kappa shape index (κ3) is 35.2. The van der Waals surface area contributed by atoms with E-state index in [-0.39, 0.29) is 18.9 Å². The van der Waals surface area contributed by atoms with Crippen molar-refractivity contribution in [3.63, 3.8) is 0 Å². The Morgan fingerprint density at radius 1 is 0.468 bits per heavy atom. The molecule has 2 aliphatic heterocycles. The van der Waals surface area contributed by atoms with Gasteiger partial charge in [-0.1, -0.05) is 234 Å². The number of aliphatic hydroxyl groups is 8. The molecule has 0 bridgehead atoms. The number of carbonyl (C=O) groups is 1. The summed E-state index contributed by atoms with van der Waals surface area (Å²) in [5.74, 6) is -0.264. The number of hydrogen-bond acceptors (Lipinski definition) is 13. The Bertz CT molecular complexity index is 1600. The first-order chi connectivity index (χ1) is 38.6. The minimum Gasteiger partial charge on any atom is -0.394 e. The maximum Gasteiger partial charge on any atom is 0.220 e. The van der Waals surface area contributed by atoms with Crippen molar-refractivity contribution in [3.05, 3.63) is 72.9 Å². The molecule has 12 atom stereocenters. The summed E-state index contributed by atoms with van der Waals surface area (Å²) in [5.41, 5.74) is 0. The lowest BCUT2D eigenvalue weighted by molar-refractivity contribution is -0.359. The second-order valence-corrected chi connectivity index (χ2v) is 22.1. The molecular weight excluding hydrogens is 1000 g/mol. The zero-order chi connectivity index (χ0) is 57.4. The molecule has 0 aromatic carbocycles. The monoisotopic (exact) mass is 1120 g/mol. The van der Waals surface area contributed by atoms with E-state index in [1.54, 1.807) is 6.08 Å². The van der Waals surface area contributed by atoms with Gasteiger partial charge in [0.2, 0.25) is 5.91 Å². The Balaban J connectivity index is 1.76. The highest BCUT2D eigenvalue weighted by atomic mass is 16.7. The lowest BCUT2D eigenvalue weighted by Crippen LogP contribution is -2.65. The summed E-state index contributed by atoms with van der Waals surface area (Å²) in [6.45, 7) is 2.67. The molecule has 1 amide bonds. The number of rotatable bonds is 50. The third-order valence-corrected chi connectivity index (χ3v) is 15.1. The highest BCUT2D eigenvalue weighted by molar-refractivity contribution is 5.76. The van der Waals surface area contributed by atoms with Gasteiger partial charge in [0, 0.05) is 6.42 Å². The zero-order valence-electron chi connectivity index (χ0n) is 49.3. The summed E-state index contributed by atoms with van der Waals surface area (Å²) in [5, 5.41) is 87.2. The molecule has 2 heterocycles. The van der Waals surface area contributed by atoms with Crippen LogP contribution in [0.1, 0.15) is 239 Å². The number of hydrogen-bond donors (Lipinski definition) is 9. The fourth-order valence-electron chi connectivity index (χ4n) is 10.1. The van der Waals surface area contributed by atoms with Gasteiger partial charge in [0.25, 0.3) is 0 Å². The van der Waals surface area contributed by atoms with Crippen LogP contribution < -0.4 is 5.32 Å². The predicted molar refractivity (Wildman–Crippen MR) is 318 cm³/mol. The molecule has 0 aromatic rings. The van der Waals surface area contributed by atoms with Gasteiger partial charge in [-0.25, -0.2) is 0 Å². The summed E-state index contributed by atoms with van der Waals surface area (Å²) in [6.07, 6.45) is 49.5. The van der Waals surface area contributed by atoms with Gasteiger partial charge in [-0.05, 0) is 70.6 Å². The Morgan fingerprint density at radius 3 is 1.39 bits per heavy atom. The van der Waals surface area contributed by atoms with Crippen molar-refractivity contribution in [1.29, 1.82) is 0 Å². The van der Waals surface area contributed by atoms with E-state index in [1.165, 1.54) is 128 Å². The average Bonchev–Trinajstić information content (AvgIpc) is 3.47. The molecule has 458 valence electrons. The predicted octanol–water partition coefficient (Wildman–Crippen LogP) is 11.5. The van der Waals surface area contributed by atoms with Gasteiger partial charge in [0.05, 0.1) is 32.0 Å². The quantitative estimate of drug-likeness (QED) is 0.0204. The first-order valence-corrected chi connectivity index (χ1v) is 31.7. The lowest BCUT2D eigenvalue weighted by atomic mass is 9.97. The number of carbonyl (C=O) groups excluding carboxylic acids is 1. The maximum atomic E-state index is 13.3. The standard InChI is InChI=1S/C65H115NO13/c1-3-5-7-9-11-13-15-17-19-21-23-24-25-26-27-28-29-31-32-34-36-38-40-42-44-46-48-54(69)53(66-57(70)49-47-45-43-41-39-37-35-33-30-22-20-18-16-14-12-10-8-6-4-2)52-76-64-62(75)60(73)63(56(51-68)78-64)79-65-61(74)59(72)58(71)55(50-67)77-65/h6,8,12,14,18,20,30,33,38,40,46,48,53-56,58-65,67-69,71-75H,3-5,7,9-11,13,15-17,19,21-29,31-32,34-37,39,41-45,47,49-52H2,1-2H3,(H,66,70)/b8-6-,14-12-,20-18-,33-30-,40-38+,48-46+. The van der Waals surface area contributed by atoms with E-state index in [2.05, 4.69) is 79.9 Å². The van der Waals surface area contributed by atoms with Crippen LogP contribution in [0.2, 0.25) is 0 Å². The van der Waals surface area contributed by atoms with Gasteiger partial charge in [0.15, 0.2) is 12.6 Å². The molecule has 2 saturated heterocycles. The summed E-state index contributed by atoms with van der Waals surface area (Å²) in [6, 6.07) is -0.944. The Hall–Kier alpha value is -2.57. The van der Waals surface area contributed by atoms with E-state index in [9.17, 15) is 45.6 Å². The van der Waals surface area contributed by atoms with E-state index in [1.807, 2.05) is 6.08 Å². The van der Waals surface area contributed by atoms with Crippen molar-refractivity contribution in [1.82, 2.24) is 5.32 Å². The molecule has 79 heavy (non-hydrogen) atoms. The van der Waals surface area contributed by atoms with Gasteiger partial charge in [-0.15, -0.1) is 0 Å². The van der Waals surface area contributed by atoms with Gasteiger partial charge < -0.3 is 65.1 Å². The van der Waals surface area contributed by atoms with Crippen LogP contribution in [0, 0.1) is 0 Å². The summed E-state index contributed by atoms with van der Waals surface area (Å²) >= 11 is 0. The molecule has 0 aromatic heterocycles. The van der Waals surface area contributed by atoms with Crippen molar-refractivity contribution in [2.75, 3.05) is 19.8 Å². The van der Waals surface area contributed by atoms with Gasteiger partial charge in [-0.2, -0.15) is 0 Å². The fourth-order valence-corrected chi connectivity index (χ4v) is 10.1. The minimum atomic E-state index is -1.80. The smallest absolute Gasteiger partial charge is 0.220 e. The Labute approximate surface area is 478 Å². The Kier molecular flexibility index (Phi) is 45.9. The van der Waals surface area contributed by atoms with Crippen LogP contribution in [-0.2, 0) is 23.7 Å². The molecule has 2 fully saturated rings. The lowest BCUT2D eigenvalue weighted by Gasteiger charge is -2.46. The highest BCUT2D eigenvalue weighted by Crippen LogP contribution is 2.30. The maximum absolute atomic E-state index is 13.3. The van der Waals surface area contributed by atoms with E-state index in [4.69, 9.17) is 18.9 Å². The molecular formula is C65H115NO13. The molecule has 14 heteroatoms. The minimum absolute atomic E-state index is 0.254. The normalized spacial score (nSPS) is 24.9. The van der Waals surface area contributed by atoms with Crippen LogP contribution >= 0.6 is 0 Å². The molecule has 2 rings (SSSR count). The Morgan fingerprint density at radius 2 is 0.886 bits per heavy atom. The number of ether oxygens (including phenoxy) is 4. The van der Waals surface area contributed by atoms with Gasteiger partial charge in [-0.3, -0.25) is 4.79 Å². The van der Waals surface area contributed by atoms with Crippen molar-refractivity contribution < 1.29 is 64.6 Å². The van der Waals surface area contributed by atoms with E-state index >= 15 is 0 Å². The number of nitrogens with one attached hydrogen (secondary N) is 1. The molecule has 14 nitrogen and oxygen atoms in total. The van der Waals surface area contributed by atoms with Crippen LogP contribution in [0.5, 0.6) is 0 Å². The van der Waals surface area contributed by atoms with Crippen molar-refractivity contribution in [3.8, 4) is 0 Å². The first-order valence-electron chi connectivity index (χ1n) is 31.7. The van der Waals surface area contributed by atoms with Crippen molar-refractivity contribution >= 4 is 5.91 Å². The summed E-state index contributed by atoms with van der Waals surface area (Å²) in [4.78, 5) is 13.3. The number of amides is 1. The molecule has 0 saturated carbocycles. The molecule has 0 spiro atoms. The molecule has 2 aliphatic rings. The third-order valence-electron chi connectivity index (χ3n) is 15.1. The second kappa shape index (κ2) is 50.0. The molecule has 9 N–H and O–H groups in total. The van der Waals surface area contributed by atoms with E-state index in [0.717, 1.165) is 77.0 Å². The topological polar surface area (TPSA) is 228 Å². The van der Waals surface area contributed by atoms with Crippen molar-refractivity contribution in [2.45, 2.75) is 312 Å². The van der Waals surface area contributed by atoms with E-state index < -0.39 is 86.8 Å². The van der Waals surface area contributed by atoms with Crippen molar-refractivity contribution in [2.24, 2.45) is 0 Å². The molecule has 0 radical (unpaired) electrons. The van der Waals surface area contributed by atoms with Crippen LogP contribution in [0.4, 0.5) is 0 Å². The zero-order valence-corrected chi connectivity index (χ0v) is 49.3. The highest BCUT2D eigenvalue weighted by Gasteiger charge is 2.51. The summed E-state index contributed by atoms with van der Waals surface area (Å²) < 4.78 is 22.8. The van der Waals surface area contributed by atoms with E-state index in [0.29, 0.717) is 12.8 Å². The number of aliphatic hydroxyl groups excluding tert-OH is 8. The summed E-state index contributed by atoms with van der Waals surface area (Å²) in [7, 11) is 0.